The average molecular weight is 334 g/mol. The number of anilines is 1. The highest BCUT2D eigenvalue weighted by molar-refractivity contribution is 9.10. The van der Waals surface area contributed by atoms with E-state index in [4.69, 9.17) is 4.74 Å². The summed E-state index contributed by atoms with van der Waals surface area (Å²) in [5.74, 6) is 0.738. The summed E-state index contributed by atoms with van der Waals surface area (Å²) in [7, 11) is 3.39. The molecule has 0 saturated heterocycles. The van der Waals surface area contributed by atoms with Gasteiger partial charge in [0.2, 0.25) is 0 Å². The topological polar surface area (TPSA) is 29.5 Å². The predicted octanol–water partition coefficient (Wildman–Crippen LogP) is 4.04. The number of benzene rings is 2. The second kappa shape index (κ2) is 6.09. The number of hydrogen-bond acceptors (Lipinski definition) is 2. The first-order chi connectivity index (χ1) is 9.54. The normalized spacial score (nSPS) is 10.2. The van der Waals surface area contributed by atoms with Gasteiger partial charge in [0.05, 0.1) is 7.11 Å². The summed E-state index contributed by atoms with van der Waals surface area (Å²) in [6, 6.07) is 13.0. The summed E-state index contributed by atoms with van der Waals surface area (Å²) >= 11 is 3.45. The maximum absolute atomic E-state index is 12.5. The van der Waals surface area contributed by atoms with Gasteiger partial charge >= 0.3 is 0 Å². The van der Waals surface area contributed by atoms with Crippen molar-refractivity contribution >= 4 is 27.5 Å². The van der Waals surface area contributed by atoms with Crippen LogP contribution in [0.2, 0.25) is 0 Å². The summed E-state index contributed by atoms with van der Waals surface area (Å²) in [6.45, 7) is 1.93. The van der Waals surface area contributed by atoms with Crippen molar-refractivity contribution in [1.82, 2.24) is 0 Å². The van der Waals surface area contributed by atoms with E-state index in [0.29, 0.717) is 5.56 Å². The smallest absolute Gasteiger partial charge is 0.258 e. The summed E-state index contributed by atoms with van der Waals surface area (Å²) in [4.78, 5) is 14.2. The summed E-state index contributed by atoms with van der Waals surface area (Å²) in [5.41, 5.74) is 2.46. The molecule has 2 aromatic rings. The maximum atomic E-state index is 12.5. The van der Waals surface area contributed by atoms with E-state index in [1.807, 2.05) is 49.4 Å². The third kappa shape index (κ3) is 2.85. The number of rotatable bonds is 3. The minimum atomic E-state index is -0.0334. The number of carbonyl (C=O) groups is 1. The van der Waals surface area contributed by atoms with Crippen molar-refractivity contribution in [3.05, 3.63) is 58.1 Å². The second-order valence-corrected chi connectivity index (χ2v) is 5.33. The van der Waals surface area contributed by atoms with E-state index >= 15 is 0 Å². The minimum absolute atomic E-state index is 0.0334. The van der Waals surface area contributed by atoms with E-state index in [1.54, 1.807) is 19.1 Å². The van der Waals surface area contributed by atoms with Crippen molar-refractivity contribution in [2.45, 2.75) is 6.92 Å². The van der Waals surface area contributed by atoms with Crippen LogP contribution in [0.4, 0.5) is 5.69 Å². The summed E-state index contributed by atoms with van der Waals surface area (Å²) in [5, 5.41) is 0. The Kier molecular flexibility index (Phi) is 4.45. The lowest BCUT2D eigenvalue weighted by Crippen LogP contribution is -2.26. The molecule has 2 rings (SSSR count). The second-order valence-electron chi connectivity index (χ2n) is 4.47. The van der Waals surface area contributed by atoms with Crippen LogP contribution in [0.3, 0.4) is 0 Å². The van der Waals surface area contributed by atoms with Crippen molar-refractivity contribution in [3.63, 3.8) is 0 Å². The molecule has 0 aromatic heterocycles. The first kappa shape index (κ1) is 14.6. The molecule has 0 N–H and O–H groups in total. The number of amides is 1. The highest BCUT2D eigenvalue weighted by Gasteiger charge is 2.16. The van der Waals surface area contributed by atoms with Crippen LogP contribution in [0.15, 0.2) is 46.9 Å². The van der Waals surface area contributed by atoms with E-state index in [9.17, 15) is 4.79 Å². The monoisotopic (exact) mass is 333 g/mol. The van der Waals surface area contributed by atoms with Crippen LogP contribution < -0.4 is 9.64 Å². The van der Waals surface area contributed by atoms with Crippen LogP contribution in [0, 0.1) is 6.92 Å². The largest absolute Gasteiger partial charge is 0.497 e. The van der Waals surface area contributed by atoms with E-state index in [1.165, 1.54) is 0 Å². The molecule has 0 atom stereocenters. The van der Waals surface area contributed by atoms with Gasteiger partial charge in [0, 0.05) is 22.8 Å². The minimum Gasteiger partial charge on any atom is -0.497 e. The lowest BCUT2D eigenvalue weighted by molar-refractivity contribution is 0.0992. The van der Waals surface area contributed by atoms with Crippen molar-refractivity contribution in [2.75, 3.05) is 19.1 Å². The first-order valence-corrected chi connectivity index (χ1v) is 7.01. The molecule has 0 saturated carbocycles. The number of hydrogen-bond donors (Lipinski definition) is 0. The standard InChI is InChI=1S/C16H16BrNO2/c1-11-14(5-4-6-15(11)17)16(19)18(2)12-7-9-13(20-3)10-8-12/h4-10H,1-3H3. The lowest BCUT2D eigenvalue weighted by Gasteiger charge is -2.19. The van der Waals surface area contributed by atoms with E-state index in [2.05, 4.69) is 15.9 Å². The van der Waals surface area contributed by atoms with E-state index < -0.39 is 0 Å². The van der Waals surface area contributed by atoms with Gasteiger partial charge in [0.15, 0.2) is 0 Å². The molecule has 0 aliphatic carbocycles. The van der Waals surface area contributed by atoms with Gasteiger partial charge in [-0.15, -0.1) is 0 Å². The Morgan fingerprint density at radius 1 is 1.15 bits per heavy atom. The Hall–Kier alpha value is -1.81. The Bertz CT molecular complexity index is 623. The quantitative estimate of drug-likeness (QED) is 0.848. The molecule has 2 aromatic carbocycles. The Labute approximate surface area is 127 Å². The van der Waals surface area contributed by atoms with Gasteiger partial charge in [0.1, 0.15) is 5.75 Å². The van der Waals surface area contributed by atoms with Crippen molar-refractivity contribution in [1.29, 1.82) is 0 Å². The highest BCUT2D eigenvalue weighted by Crippen LogP contribution is 2.24. The molecule has 104 valence electrons. The van der Waals surface area contributed by atoms with Gasteiger partial charge in [0.25, 0.3) is 5.91 Å². The van der Waals surface area contributed by atoms with Gasteiger partial charge < -0.3 is 9.64 Å². The highest BCUT2D eigenvalue weighted by atomic mass is 79.9. The number of nitrogens with zero attached hydrogens (tertiary/aromatic N) is 1. The molecule has 0 unspecified atom stereocenters. The zero-order valence-electron chi connectivity index (χ0n) is 11.7. The van der Waals surface area contributed by atoms with Gasteiger partial charge in [-0.1, -0.05) is 22.0 Å². The molecule has 0 spiro atoms. The number of halogens is 1. The Morgan fingerprint density at radius 2 is 1.80 bits per heavy atom. The van der Waals surface area contributed by atoms with Crippen LogP contribution in [0.5, 0.6) is 5.75 Å². The summed E-state index contributed by atoms with van der Waals surface area (Å²) in [6.07, 6.45) is 0. The van der Waals surface area contributed by atoms with Crippen LogP contribution in [0.1, 0.15) is 15.9 Å². The molecule has 0 fully saturated rings. The number of carbonyl (C=O) groups excluding carboxylic acids is 1. The fourth-order valence-electron chi connectivity index (χ4n) is 1.94. The number of ether oxygens (including phenoxy) is 1. The number of methoxy groups -OCH3 is 1. The molecule has 0 aliphatic heterocycles. The lowest BCUT2D eigenvalue weighted by atomic mass is 10.1. The van der Waals surface area contributed by atoms with Crippen molar-refractivity contribution in [2.24, 2.45) is 0 Å². The fourth-order valence-corrected chi connectivity index (χ4v) is 2.31. The van der Waals surface area contributed by atoms with E-state index in [-0.39, 0.29) is 5.91 Å². The van der Waals surface area contributed by atoms with Crippen LogP contribution in [0.25, 0.3) is 0 Å². The molecule has 0 radical (unpaired) electrons. The van der Waals surface area contributed by atoms with Crippen LogP contribution in [-0.2, 0) is 0 Å². The van der Waals surface area contributed by atoms with Gasteiger partial charge in [-0.3, -0.25) is 4.79 Å². The molecule has 0 bridgehead atoms. The Morgan fingerprint density at radius 3 is 2.40 bits per heavy atom. The van der Waals surface area contributed by atoms with Gasteiger partial charge in [-0.2, -0.15) is 0 Å². The maximum Gasteiger partial charge on any atom is 0.258 e. The zero-order chi connectivity index (χ0) is 14.7. The zero-order valence-corrected chi connectivity index (χ0v) is 13.3. The van der Waals surface area contributed by atoms with Gasteiger partial charge in [-0.05, 0) is 48.9 Å². The SMILES string of the molecule is COc1ccc(N(C)C(=O)c2cccc(Br)c2C)cc1. The molecule has 3 nitrogen and oxygen atoms in total. The van der Waals surface area contributed by atoms with Gasteiger partial charge in [-0.25, -0.2) is 0 Å². The van der Waals surface area contributed by atoms with Crippen LogP contribution >= 0.6 is 15.9 Å². The predicted molar refractivity (Wildman–Crippen MR) is 84.6 cm³/mol. The fraction of sp³-hybridized carbons (Fsp3) is 0.188. The van der Waals surface area contributed by atoms with E-state index in [0.717, 1.165) is 21.5 Å². The van der Waals surface area contributed by atoms with Crippen molar-refractivity contribution in [3.8, 4) is 5.75 Å². The molecule has 1 amide bonds. The molecule has 0 aliphatic rings. The average Bonchev–Trinajstić information content (AvgIpc) is 2.48. The molecule has 0 heterocycles. The molecular weight excluding hydrogens is 318 g/mol. The van der Waals surface area contributed by atoms with Crippen LogP contribution in [-0.4, -0.2) is 20.1 Å². The third-order valence-corrected chi connectivity index (χ3v) is 4.12. The molecule has 4 heteroatoms. The third-order valence-electron chi connectivity index (χ3n) is 3.26. The van der Waals surface area contributed by atoms with Crippen molar-refractivity contribution < 1.29 is 9.53 Å². The molecular formula is C16H16BrNO2. The first-order valence-electron chi connectivity index (χ1n) is 6.22. The Balaban J connectivity index is 2.29. The summed E-state index contributed by atoms with van der Waals surface area (Å²) < 4.78 is 6.06. The molecule has 20 heavy (non-hydrogen) atoms.